The van der Waals surface area contributed by atoms with Gasteiger partial charge in [0.2, 0.25) is 0 Å². The van der Waals surface area contributed by atoms with Crippen LogP contribution in [-0.4, -0.2) is 0 Å². The van der Waals surface area contributed by atoms with Crippen LogP contribution in [0.4, 0.5) is 0 Å². The SMILES string of the molecule is C=C(N)c1ccccc1C(=C)Cl. The van der Waals surface area contributed by atoms with Gasteiger partial charge < -0.3 is 5.73 Å². The predicted octanol–water partition coefficient (Wildman–Crippen LogP) is 2.83. The lowest BCUT2D eigenvalue weighted by Gasteiger charge is -2.06. The van der Waals surface area contributed by atoms with Crippen LogP contribution in [0, 0.1) is 0 Å². The summed E-state index contributed by atoms with van der Waals surface area (Å²) in [6, 6.07) is 7.50. The van der Waals surface area contributed by atoms with Crippen LogP contribution < -0.4 is 5.73 Å². The third-order valence-electron chi connectivity index (χ3n) is 1.57. The standard InChI is InChI=1S/C10H10ClN/c1-7(11)9-5-3-4-6-10(9)8(2)12/h3-6H,1-2,12H2. The molecule has 0 amide bonds. The molecule has 0 radical (unpaired) electrons. The molecule has 0 aliphatic carbocycles. The highest BCUT2D eigenvalue weighted by atomic mass is 35.5. The Kier molecular flexibility index (Phi) is 2.56. The lowest BCUT2D eigenvalue weighted by atomic mass is 10.1. The van der Waals surface area contributed by atoms with Crippen molar-refractivity contribution < 1.29 is 0 Å². The molecule has 2 N–H and O–H groups in total. The fourth-order valence-electron chi connectivity index (χ4n) is 1.000. The third kappa shape index (κ3) is 1.69. The molecule has 0 bridgehead atoms. The first kappa shape index (κ1) is 8.88. The summed E-state index contributed by atoms with van der Waals surface area (Å²) in [6.45, 7) is 7.28. The summed E-state index contributed by atoms with van der Waals surface area (Å²) in [5.41, 5.74) is 7.75. The minimum absolute atomic E-state index is 0.484. The van der Waals surface area contributed by atoms with Crippen molar-refractivity contribution in [1.29, 1.82) is 0 Å². The molecule has 0 aromatic heterocycles. The molecule has 1 nitrogen and oxygen atoms in total. The summed E-state index contributed by atoms with van der Waals surface area (Å²) in [6.07, 6.45) is 0. The molecule has 0 aliphatic heterocycles. The molecule has 1 rings (SSSR count). The van der Waals surface area contributed by atoms with Gasteiger partial charge in [0.1, 0.15) is 0 Å². The Balaban J connectivity index is 3.27. The van der Waals surface area contributed by atoms with E-state index in [1.165, 1.54) is 0 Å². The minimum atomic E-state index is 0.484. The van der Waals surface area contributed by atoms with Gasteiger partial charge in [0.15, 0.2) is 0 Å². The van der Waals surface area contributed by atoms with Gasteiger partial charge in [0, 0.05) is 21.9 Å². The monoisotopic (exact) mass is 179 g/mol. The van der Waals surface area contributed by atoms with Gasteiger partial charge in [0.05, 0.1) is 0 Å². The fraction of sp³-hybridized carbons (Fsp3) is 0. The van der Waals surface area contributed by atoms with Crippen LogP contribution in [0.25, 0.3) is 10.7 Å². The Morgan fingerprint density at radius 1 is 1.17 bits per heavy atom. The highest BCUT2D eigenvalue weighted by molar-refractivity contribution is 6.48. The topological polar surface area (TPSA) is 26.0 Å². The van der Waals surface area contributed by atoms with E-state index in [-0.39, 0.29) is 0 Å². The first-order valence-corrected chi connectivity index (χ1v) is 3.89. The molecule has 0 aliphatic rings. The highest BCUT2D eigenvalue weighted by Gasteiger charge is 2.03. The van der Waals surface area contributed by atoms with Crippen molar-refractivity contribution in [3.8, 4) is 0 Å². The Morgan fingerprint density at radius 3 is 2.00 bits per heavy atom. The summed E-state index contributed by atoms with van der Waals surface area (Å²) >= 11 is 5.76. The molecule has 0 atom stereocenters. The van der Waals surface area contributed by atoms with Gasteiger partial charge in [-0.1, -0.05) is 49.0 Å². The van der Waals surface area contributed by atoms with Crippen LogP contribution in [-0.2, 0) is 0 Å². The molecule has 0 unspecified atom stereocenters. The Labute approximate surface area is 77.2 Å². The van der Waals surface area contributed by atoms with E-state index in [1.807, 2.05) is 24.3 Å². The van der Waals surface area contributed by atoms with E-state index in [0.717, 1.165) is 11.1 Å². The van der Waals surface area contributed by atoms with E-state index in [1.54, 1.807) is 0 Å². The normalized spacial score (nSPS) is 9.42. The number of benzene rings is 1. The molecular weight excluding hydrogens is 170 g/mol. The molecule has 1 aromatic carbocycles. The van der Waals surface area contributed by atoms with E-state index in [0.29, 0.717) is 10.7 Å². The number of hydrogen-bond acceptors (Lipinski definition) is 1. The summed E-state index contributed by atoms with van der Waals surface area (Å²) in [5.74, 6) is 0. The molecule has 0 heterocycles. The highest BCUT2D eigenvalue weighted by Crippen LogP contribution is 2.23. The summed E-state index contributed by atoms with van der Waals surface area (Å²) in [7, 11) is 0. The number of hydrogen-bond donors (Lipinski definition) is 1. The lowest BCUT2D eigenvalue weighted by Crippen LogP contribution is -1.96. The smallest absolute Gasteiger partial charge is 0.0413 e. The first-order valence-electron chi connectivity index (χ1n) is 3.51. The first-order chi connectivity index (χ1) is 5.63. The predicted molar refractivity (Wildman–Crippen MR) is 54.6 cm³/mol. The molecule has 0 saturated carbocycles. The van der Waals surface area contributed by atoms with Crippen LogP contribution in [0.15, 0.2) is 37.4 Å². The maximum atomic E-state index is 5.76. The molecule has 62 valence electrons. The molecule has 2 heteroatoms. The molecule has 0 saturated heterocycles. The molecule has 0 fully saturated rings. The lowest BCUT2D eigenvalue weighted by molar-refractivity contribution is 1.50. The van der Waals surface area contributed by atoms with Gasteiger partial charge in [0.25, 0.3) is 0 Å². The number of nitrogens with two attached hydrogens (primary N) is 1. The van der Waals surface area contributed by atoms with Crippen molar-refractivity contribution in [2.45, 2.75) is 0 Å². The van der Waals surface area contributed by atoms with Crippen molar-refractivity contribution in [2.75, 3.05) is 0 Å². The third-order valence-corrected chi connectivity index (χ3v) is 1.77. The Bertz CT molecular complexity index is 295. The molecule has 1 aromatic rings. The van der Waals surface area contributed by atoms with Crippen molar-refractivity contribution in [2.24, 2.45) is 5.73 Å². The van der Waals surface area contributed by atoms with Crippen molar-refractivity contribution in [3.63, 3.8) is 0 Å². The zero-order valence-corrected chi connectivity index (χ0v) is 7.43. The quantitative estimate of drug-likeness (QED) is 0.743. The van der Waals surface area contributed by atoms with Crippen LogP contribution >= 0.6 is 11.6 Å². The second-order valence-corrected chi connectivity index (χ2v) is 2.93. The van der Waals surface area contributed by atoms with Gasteiger partial charge in [-0.3, -0.25) is 0 Å². The van der Waals surface area contributed by atoms with Crippen LogP contribution in [0.5, 0.6) is 0 Å². The minimum Gasteiger partial charge on any atom is -0.399 e. The van der Waals surface area contributed by atoms with E-state index >= 15 is 0 Å². The summed E-state index contributed by atoms with van der Waals surface area (Å²) < 4.78 is 0. The van der Waals surface area contributed by atoms with E-state index in [2.05, 4.69) is 13.2 Å². The zero-order valence-electron chi connectivity index (χ0n) is 6.68. The van der Waals surface area contributed by atoms with Gasteiger partial charge >= 0.3 is 0 Å². The summed E-state index contributed by atoms with van der Waals surface area (Å²) in [5, 5.41) is 0.484. The largest absolute Gasteiger partial charge is 0.399 e. The van der Waals surface area contributed by atoms with E-state index in [9.17, 15) is 0 Å². The van der Waals surface area contributed by atoms with Gasteiger partial charge in [-0.05, 0) is 0 Å². The number of halogens is 1. The zero-order chi connectivity index (χ0) is 9.14. The van der Waals surface area contributed by atoms with Crippen LogP contribution in [0.1, 0.15) is 11.1 Å². The van der Waals surface area contributed by atoms with E-state index in [4.69, 9.17) is 17.3 Å². The number of rotatable bonds is 2. The maximum absolute atomic E-state index is 5.76. The Hall–Kier alpha value is -1.21. The van der Waals surface area contributed by atoms with Gasteiger partial charge in [-0.2, -0.15) is 0 Å². The fourth-order valence-corrected chi connectivity index (χ4v) is 1.16. The van der Waals surface area contributed by atoms with Crippen LogP contribution in [0.3, 0.4) is 0 Å². The van der Waals surface area contributed by atoms with Crippen molar-refractivity contribution in [1.82, 2.24) is 0 Å². The Morgan fingerprint density at radius 2 is 1.67 bits per heavy atom. The van der Waals surface area contributed by atoms with E-state index < -0.39 is 0 Å². The average molecular weight is 180 g/mol. The second kappa shape index (κ2) is 3.46. The molecule has 12 heavy (non-hydrogen) atoms. The molecule has 0 spiro atoms. The maximum Gasteiger partial charge on any atom is 0.0413 e. The van der Waals surface area contributed by atoms with Crippen molar-refractivity contribution >= 4 is 22.3 Å². The van der Waals surface area contributed by atoms with Gasteiger partial charge in [-0.15, -0.1) is 0 Å². The average Bonchev–Trinajstić information content (AvgIpc) is 2.04. The second-order valence-electron chi connectivity index (χ2n) is 2.48. The van der Waals surface area contributed by atoms with Crippen molar-refractivity contribution in [3.05, 3.63) is 48.6 Å². The van der Waals surface area contributed by atoms with Gasteiger partial charge in [-0.25, -0.2) is 0 Å². The molecular formula is C10H10ClN. The summed E-state index contributed by atoms with van der Waals surface area (Å²) in [4.78, 5) is 0. The van der Waals surface area contributed by atoms with Crippen LogP contribution in [0.2, 0.25) is 0 Å².